The van der Waals surface area contributed by atoms with Gasteiger partial charge in [0.15, 0.2) is 5.72 Å². The van der Waals surface area contributed by atoms with Crippen LogP contribution in [0.5, 0.6) is 0 Å². The number of hydrogen-bond acceptors (Lipinski definition) is 10. The Kier molecular flexibility index (Phi) is 22.8. The molecule has 2 amide bonds. The van der Waals surface area contributed by atoms with Gasteiger partial charge < -0.3 is 41.3 Å². The summed E-state index contributed by atoms with van der Waals surface area (Å²) in [6, 6.07) is 28.4. The standard InChI is InChI=1S/C11H10ClNO2.C11H8ClNO.C11H9ClO3.C9H9ClO.C2H2O3.CH2O2.H2O/c1-11(15)9(6-10(14)13-11)7-2-4-8(12)5-3-7;1-7-10(6-11(14)13-7)8-2-4-9(12)5-3-8;1-11(14)9(6-10(13)15-11)7-2-4-8(12)5-3-7;1-7(11)6-8-2-4-9(10)5-3-8;3-1-2(4)5;2-1-3;/h2-6,15H,1H3,(H,13,14);2-6H,1H2,(H,13,14);2-6,14H,1H3;2-5H,6H2,1H3;1H,(H,4,5);1H,(H,2,3);1H2. The van der Waals surface area contributed by atoms with E-state index in [1.807, 2.05) is 24.3 Å². The SMILES string of the molecule is C=C1NC(=O)C=C1c1ccc(Cl)cc1.CC(=O)Cc1ccc(Cl)cc1.CC1(O)NC(=O)C=C1c1ccc(Cl)cc1.CC1(O)OC(=O)C=C1c1ccc(Cl)cc1.O.O=CC(=O)O.O=CO. The lowest BCUT2D eigenvalue weighted by molar-refractivity contribution is -0.170. The highest BCUT2D eigenvalue weighted by molar-refractivity contribution is 6.31. The molecule has 0 aliphatic carbocycles. The number of aliphatic hydroxyl groups is 2. The second-order valence-electron chi connectivity index (χ2n) is 13.2. The summed E-state index contributed by atoms with van der Waals surface area (Å²) in [5, 5.41) is 41.6. The molecule has 0 radical (unpaired) electrons. The molecule has 338 valence electrons. The fourth-order valence-corrected chi connectivity index (χ4v) is 5.87. The number of halogens is 4. The number of Topliss-reactive ketones (excluding diaryl/α,β-unsaturated/α-hetero) is 1. The minimum Gasteiger partial charge on any atom is -0.483 e. The molecule has 3 heterocycles. The summed E-state index contributed by atoms with van der Waals surface area (Å²) in [7, 11) is 0. The van der Waals surface area contributed by atoms with Crippen molar-refractivity contribution in [2.24, 2.45) is 0 Å². The molecule has 2 atom stereocenters. The Labute approximate surface area is 387 Å². The van der Waals surface area contributed by atoms with Gasteiger partial charge in [0.1, 0.15) is 5.78 Å². The maximum Gasteiger partial charge on any atom is 0.368 e. The number of aldehydes is 1. The Morgan fingerprint density at radius 1 is 0.688 bits per heavy atom. The molecular formula is C45H42Cl4N2O13. The molecule has 4 aromatic rings. The molecule has 0 spiro atoms. The Bertz CT molecular complexity index is 2310. The summed E-state index contributed by atoms with van der Waals surface area (Å²) in [6.07, 6.45) is 4.54. The molecule has 0 saturated carbocycles. The Morgan fingerprint density at radius 2 is 1.08 bits per heavy atom. The van der Waals surface area contributed by atoms with Crippen LogP contribution in [-0.4, -0.2) is 79.7 Å². The summed E-state index contributed by atoms with van der Waals surface area (Å²) >= 11 is 22.9. The van der Waals surface area contributed by atoms with Gasteiger partial charge in [-0.25, -0.2) is 9.59 Å². The first-order valence-electron chi connectivity index (χ1n) is 18.0. The average Bonchev–Trinajstić information content (AvgIpc) is 3.81. The van der Waals surface area contributed by atoms with E-state index >= 15 is 0 Å². The summed E-state index contributed by atoms with van der Waals surface area (Å²) in [5.41, 5.74) is 4.63. The predicted octanol–water partition coefficient (Wildman–Crippen LogP) is 6.53. The van der Waals surface area contributed by atoms with Crippen molar-refractivity contribution in [3.63, 3.8) is 0 Å². The number of carboxylic acids is 1. The van der Waals surface area contributed by atoms with E-state index in [1.54, 1.807) is 86.6 Å². The third kappa shape index (κ3) is 18.9. The van der Waals surface area contributed by atoms with Crippen LogP contribution in [0.15, 0.2) is 128 Å². The molecule has 0 bridgehead atoms. The minimum absolute atomic E-state index is 0. The molecule has 7 rings (SSSR count). The number of aliphatic carboxylic acids is 1. The topological polar surface area (TPSA) is 265 Å². The van der Waals surface area contributed by atoms with Gasteiger partial charge in [-0.1, -0.05) is 102 Å². The molecule has 19 heteroatoms. The largest absolute Gasteiger partial charge is 0.483 e. The van der Waals surface area contributed by atoms with Crippen LogP contribution in [0.3, 0.4) is 0 Å². The van der Waals surface area contributed by atoms with Crippen LogP contribution < -0.4 is 10.6 Å². The number of carboxylic acid groups (broad SMARTS) is 2. The van der Waals surface area contributed by atoms with Crippen LogP contribution >= 0.6 is 46.4 Å². The third-order valence-corrected chi connectivity index (χ3v) is 9.04. The van der Waals surface area contributed by atoms with Gasteiger partial charge in [-0.2, -0.15) is 0 Å². The van der Waals surface area contributed by atoms with E-state index in [2.05, 4.69) is 17.2 Å². The van der Waals surface area contributed by atoms with Crippen LogP contribution in [-0.2, 0) is 44.7 Å². The number of ketones is 1. The van der Waals surface area contributed by atoms with Crippen molar-refractivity contribution in [3.05, 3.63) is 170 Å². The highest BCUT2D eigenvalue weighted by Crippen LogP contribution is 2.34. The Morgan fingerprint density at radius 3 is 1.39 bits per heavy atom. The highest BCUT2D eigenvalue weighted by atomic mass is 35.5. The van der Waals surface area contributed by atoms with Crippen molar-refractivity contribution >= 4 is 105 Å². The van der Waals surface area contributed by atoms with Crippen molar-refractivity contribution in [3.8, 4) is 0 Å². The number of amides is 2. The van der Waals surface area contributed by atoms with Crippen molar-refractivity contribution in [1.29, 1.82) is 0 Å². The molecule has 0 fully saturated rings. The van der Waals surface area contributed by atoms with E-state index in [0.29, 0.717) is 43.4 Å². The zero-order valence-corrected chi connectivity index (χ0v) is 37.1. The minimum atomic E-state index is -1.55. The van der Waals surface area contributed by atoms with Crippen molar-refractivity contribution in [2.45, 2.75) is 38.7 Å². The molecule has 3 aliphatic rings. The quantitative estimate of drug-likeness (QED) is 0.0684. The number of benzene rings is 4. The third-order valence-electron chi connectivity index (χ3n) is 8.04. The zero-order chi connectivity index (χ0) is 47.5. The lowest BCUT2D eigenvalue weighted by Gasteiger charge is -2.21. The Hall–Kier alpha value is -6.43. The van der Waals surface area contributed by atoms with Crippen molar-refractivity contribution < 1.29 is 64.2 Å². The van der Waals surface area contributed by atoms with E-state index in [1.165, 1.54) is 25.2 Å². The van der Waals surface area contributed by atoms with Crippen LogP contribution in [0.25, 0.3) is 16.7 Å². The second kappa shape index (κ2) is 26.3. The number of esters is 1. The summed E-state index contributed by atoms with van der Waals surface area (Å²) < 4.78 is 4.74. The van der Waals surface area contributed by atoms with Crippen LogP contribution in [0.4, 0.5) is 0 Å². The first-order valence-corrected chi connectivity index (χ1v) is 19.5. The van der Waals surface area contributed by atoms with Gasteiger partial charge in [0.05, 0.1) is 0 Å². The number of hydrogen-bond donors (Lipinski definition) is 6. The van der Waals surface area contributed by atoms with Gasteiger partial charge in [-0.05, 0) is 84.6 Å². The molecule has 8 N–H and O–H groups in total. The van der Waals surface area contributed by atoms with E-state index < -0.39 is 23.5 Å². The average molecular weight is 961 g/mol. The first-order chi connectivity index (χ1) is 29.5. The smallest absolute Gasteiger partial charge is 0.368 e. The number of allylic oxidation sites excluding steroid dienone is 1. The van der Waals surface area contributed by atoms with E-state index in [4.69, 9.17) is 75.7 Å². The lowest BCUT2D eigenvalue weighted by atomic mass is 9.99. The van der Waals surface area contributed by atoms with E-state index in [-0.39, 0.29) is 35.8 Å². The molecule has 2 unspecified atom stereocenters. The molecule has 64 heavy (non-hydrogen) atoms. The van der Waals surface area contributed by atoms with Crippen LogP contribution in [0, 0.1) is 0 Å². The maximum atomic E-state index is 11.1. The van der Waals surface area contributed by atoms with Gasteiger partial charge in [0.25, 0.3) is 6.47 Å². The van der Waals surface area contributed by atoms with Gasteiger partial charge in [0.2, 0.25) is 23.9 Å². The van der Waals surface area contributed by atoms with Crippen LogP contribution in [0.1, 0.15) is 43.0 Å². The van der Waals surface area contributed by atoms with Gasteiger partial charge in [0, 0.05) is 74.1 Å². The highest BCUT2D eigenvalue weighted by Gasteiger charge is 2.37. The monoisotopic (exact) mass is 958 g/mol. The number of carbonyl (C=O) groups is 7. The number of cyclic esters (lactones) is 1. The fourth-order valence-electron chi connectivity index (χ4n) is 5.37. The lowest BCUT2D eigenvalue weighted by Crippen LogP contribution is -2.40. The molecule has 4 aromatic carbocycles. The second-order valence-corrected chi connectivity index (χ2v) is 14.9. The number of rotatable bonds is 6. The summed E-state index contributed by atoms with van der Waals surface area (Å²) in [6.45, 7) is 8.05. The van der Waals surface area contributed by atoms with E-state index in [9.17, 15) is 29.4 Å². The molecule has 3 aliphatic heterocycles. The first kappa shape index (κ1) is 55.6. The fraction of sp³-hybridized carbons (Fsp3) is 0.133. The summed E-state index contributed by atoms with van der Waals surface area (Å²) in [4.78, 5) is 70.1. The Balaban J connectivity index is 0.000000404. The predicted molar refractivity (Wildman–Crippen MR) is 243 cm³/mol. The number of ether oxygens (including phenoxy) is 1. The number of carbonyl (C=O) groups excluding carboxylic acids is 5. The summed E-state index contributed by atoms with van der Waals surface area (Å²) in [5.74, 6) is -3.75. The van der Waals surface area contributed by atoms with Crippen LogP contribution in [0.2, 0.25) is 20.1 Å². The van der Waals surface area contributed by atoms with Crippen molar-refractivity contribution in [2.75, 3.05) is 0 Å². The normalized spacial score (nSPS) is 17.4. The zero-order valence-electron chi connectivity index (χ0n) is 34.1. The molecule has 0 saturated heterocycles. The van der Waals surface area contributed by atoms with Gasteiger partial charge >= 0.3 is 11.9 Å². The molecular weight excluding hydrogens is 918 g/mol. The number of nitrogens with one attached hydrogen (secondary N) is 2. The maximum absolute atomic E-state index is 11.1. The molecule has 15 nitrogen and oxygen atoms in total. The van der Waals surface area contributed by atoms with Gasteiger partial charge in [-0.15, -0.1) is 0 Å². The van der Waals surface area contributed by atoms with Gasteiger partial charge in [-0.3, -0.25) is 24.0 Å². The molecule has 0 aromatic heterocycles. The van der Waals surface area contributed by atoms with E-state index in [0.717, 1.165) is 27.8 Å². The van der Waals surface area contributed by atoms with Crippen molar-refractivity contribution in [1.82, 2.24) is 10.6 Å².